The van der Waals surface area contributed by atoms with Crippen LogP contribution in [0.1, 0.15) is 43.7 Å². The molecule has 0 aromatic heterocycles. The fourth-order valence-electron chi connectivity index (χ4n) is 4.03. The summed E-state index contributed by atoms with van der Waals surface area (Å²) in [5.74, 6) is -1.29. The average molecular weight is 469 g/mol. The lowest BCUT2D eigenvalue weighted by Gasteiger charge is -2.20. The molecule has 0 saturated heterocycles. The minimum absolute atomic E-state index is 0.0225. The van der Waals surface area contributed by atoms with Gasteiger partial charge in [0.15, 0.2) is 0 Å². The van der Waals surface area contributed by atoms with Crippen LogP contribution in [0.25, 0.3) is 11.1 Å². The topological polar surface area (TPSA) is 114 Å². The number of ether oxygens (including phenoxy) is 2. The second-order valence-electron chi connectivity index (χ2n) is 9.00. The van der Waals surface area contributed by atoms with E-state index in [0.717, 1.165) is 22.3 Å². The molecular formula is C26H32N2O6. The van der Waals surface area contributed by atoms with E-state index in [4.69, 9.17) is 14.6 Å². The summed E-state index contributed by atoms with van der Waals surface area (Å²) in [6.45, 7) is 3.84. The van der Waals surface area contributed by atoms with Crippen LogP contribution >= 0.6 is 0 Å². The smallest absolute Gasteiger partial charge is 0.407 e. The molecule has 8 nitrogen and oxygen atoms in total. The molecule has 0 aliphatic heterocycles. The lowest BCUT2D eigenvalue weighted by atomic mass is 9.90. The maximum Gasteiger partial charge on any atom is 0.407 e. The number of carbonyl (C=O) groups is 3. The van der Waals surface area contributed by atoms with Crippen molar-refractivity contribution in [2.45, 2.75) is 38.7 Å². The molecule has 0 bridgehead atoms. The molecule has 8 heteroatoms. The highest BCUT2D eigenvalue weighted by Gasteiger charge is 2.29. The Kier molecular flexibility index (Phi) is 8.28. The largest absolute Gasteiger partial charge is 0.481 e. The van der Waals surface area contributed by atoms with Crippen LogP contribution in [-0.4, -0.2) is 56.0 Å². The summed E-state index contributed by atoms with van der Waals surface area (Å²) in [7, 11) is 1.42. The molecule has 182 valence electrons. The summed E-state index contributed by atoms with van der Waals surface area (Å²) in [5.41, 5.74) is 3.67. The van der Waals surface area contributed by atoms with Crippen LogP contribution in [-0.2, 0) is 19.1 Å². The summed E-state index contributed by atoms with van der Waals surface area (Å²) in [5, 5.41) is 14.5. The maximum atomic E-state index is 12.3. The minimum atomic E-state index is -0.929. The molecule has 2 aromatic rings. The standard InChI is InChI=1S/C26H32N2O6/c1-26(2,24(30)31)13-15-27-23(29)22(33-3)12-14-28-25(32)34-16-21-19-10-6-4-8-17(19)18-9-5-7-11-20(18)21/h4-11,21-22H,12-16H2,1-3H3,(H,27,29)(H,28,32)(H,30,31). The second kappa shape index (κ2) is 11.2. The fourth-order valence-corrected chi connectivity index (χ4v) is 4.03. The zero-order valence-electron chi connectivity index (χ0n) is 19.8. The number of rotatable bonds is 11. The number of benzene rings is 2. The number of hydrogen-bond donors (Lipinski definition) is 3. The number of aliphatic carboxylic acids is 1. The van der Waals surface area contributed by atoms with Crippen LogP contribution in [0, 0.1) is 5.41 Å². The van der Waals surface area contributed by atoms with Gasteiger partial charge in [-0.05, 0) is 42.5 Å². The Balaban J connectivity index is 1.44. The van der Waals surface area contributed by atoms with Gasteiger partial charge in [0.1, 0.15) is 12.7 Å². The predicted octanol–water partition coefficient (Wildman–Crippen LogP) is 3.55. The third-order valence-electron chi connectivity index (χ3n) is 6.22. The fraction of sp³-hybridized carbons (Fsp3) is 0.423. The van der Waals surface area contributed by atoms with E-state index in [-0.39, 0.29) is 37.9 Å². The van der Waals surface area contributed by atoms with Crippen molar-refractivity contribution in [1.82, 2.24) is 10.6 Å². The van der Waals surface area contributed by atoms with Gasteiger partial charge in [-0.2, -0.15) is 0 Å². The summed E-state index contributed by atoms with van der Waals surface area (Å²) in [6, 6.07) is 16.2. The van der Waals surface area contributed by atoms with E-state index in [1.54, 1.807) is 13.8 Å². The van der Waals surface area contributed by atoms with Crippen molar-refractivity contribution in [3.05, 3.63) is 59.7 Å². The molecular weight excluding hydrogens is 436 g/mol. The lowest BCUT2D eigenvalue weighted by molar-refractivity contribution is -0.147. The molecule has 2 amide bonds. The summed E-state index contributed by atoms with van der Waals surface area (Å²) in [4.78, 5) is 35.8. The number of hydrogen-bond acceptors (Lipinski definition) is 5. The Morgan fingerprint density at radius 2 is 1.56 bits per heavy atom. The number of alkyl carbamates (subject to hydrolysis) is 1. The molecule has 1 aliphatic rings. The van der Waals surface area contributed by atoms with Crippen LogP contribution < -0.4 is 10.6 Å². The van der Waals surface area contributed by atoms with E-state index < -0.39 is 23.6 Å². The van der Waals surface area contributed by atoms with E-state index in [9.17, 15) is 14.4 Å². The zero-order chi connectivity index (χ0) is 24.7. The van der Waals surface area contributed by atoms with Crippen LogP contribution in [0.2, 0.25) is 0 Å². The maximum absolute atomic E-state index is 12.3. The van der Waals surface area contributed by atoms with E-state index in [0.29, 0.717) is 6.42 Å². The van der Waals surface area contributed by atoms with Crippen LogP contribution in [0.15, 0.2) is 48.5 Å². The van der Waals surface area contributed by atoms with Crippen molar-refractivity contribution >= 4 is 18.0 Å². The van der Waals surface area contributed by atoms with Crippen LogP contribution in [0.3, 0.4) is 0 Å². The monoisotopic (exact) mass is 468 g/mol. The minimum Gasteiger partial charge on any atom is -0.481 e. The number of carboxylic acid groups (broad SMARTS) is 1. The number of nitrogens with one attached hydrogen (secondary N) is 2. The number of amides is 2. The normalized spacial score (nSPS) is 13.5. The van der Waals surface area contributed by atoms with Gasteiger partial charge in [0.05, 0.1) is 5.41 Å². The quantitative estimate of drug-likeness (QED) is 0.465. The molecule has 3 N–H and O–H groups in total. The van der Waals surface area contributed by atoms with Gasteiger partial charge in [-0.25, -0.2) is 4.79 Å². The van der Waals surface area contributed by atoms with E-state index in [1.165, 1.54) is 7.11 Å². The molecule has 0 heterocycles. The average Bonchev–Trinajstić information content (AvgIpc) is 3.14. The van der Waals surface area contributed by atoms with Gasteiger partial charge in [-0.1, -0.05) is 48.5 Å². The van der Waals surface area contributed by atoms with E-state index >= 15 is 0 Å². The first-order valence-corrected chi connectivity index (χ1v) is 11.4. The third-order valence-corrected chi connectivity index (χ3v) is 6.22. The summed E-state index contributed by atoms with van der Waals surface area (Å²) in [6.07, 6.45) is -0.765. The third kappa shape index (κ3) is 5.94. The molecule has 0 spiro atoms. The van der Waals surface area contributed by atoms with Gasteiger partial charge in [0.2, 0.25) is 5.91 Å². The van der Waals surface area contributed by atoms with Gasteiger partial charge in [0, 0.05) is 32.5 Å². The molecule has 2 aromatic carbocycles. The van der Waals surface area contributed by atoms with Gasteiger partial charge >= 0.3 is 12.1 Å². The SMILES string of the molecule is COC(CCNC(=O)OCC1c2ccccc2-c2ccccc21)C(=O)NCCC(C)(C)C(=O)O. The number of carbonyl (C=O) groups excluding carboxylic acids is 2. The number of fused-ring (bicyclic) bond motifs is 3. The van der Waals surface area contributed by atoms with E-state index in [1.807, 2.05) is 24.3 Å². The molecule has 0 fully saturated rings. The molecule has 1 unspecified atom stereocenters. The summed E-state index contributed by atoms with van der Waals surface area (Å²) < 4.78 is 10.7. The first kappa shape index (κ1) is 25.2. The predicted molar refractivity (Wildman–Crippen MR) is 128 cm³/mol. The Hall–Kier alpha value is -3.39. The highest BCUT2D eigenvalue weighted by molar-refractivity contribution is 5.81. The van der Waals surface area contributed by atoms with Crippen molar-refractivity contribution in [3.8, 4) is 11.1 Å². The zero-order valence-corrected chi connectivity index (χ0v) is 19.8. The first-order valence-electron chi connectivity index (χ1n) is 11.4. The Morgan fingerprint density at radius 1 is 0.971 bits per heavy atom. The number of methoxy groups -OCH3 is 1. The van der Waals surface area contributed by atoms with Crippen molar-refractivity contribution in [1.29, 1.82) is 0 Å². The highest BCUT2D eigenvalue weighted by atomic mass is 16.5. The van der Waals surface area contributed by atoms with Crippen LogP contribution in [0.4, 0.5) is 4.79 Å². The van der Waals surface area contributed by atoms with E-state index in [2.05, 4.69) is 34.9 Å². The number of carboxylic acids is 1. The molecule has 3 rings (SSSR count). The van der Waals surface area contributed by atoms with Gasteiger partial charge in [0.25, 0.3) is 0 Å². The van der Waals surface area contributed by atoms with Crippen molar-refractivity contribution in [2.24, 2.45) is 5.41 Å². The van der Waals surface area contributed by atoms with Gasteiger partial charge < -0.3 is 25.2 Å². The Labute approximate surface area is 199 Å². The Morgan fingerprint density at radius 3 is 2.12 bits per heavy atom. The second-order valence-corrected chi connectivity index (χ2v) is 9.00. The molecule has 1 aliphatic carbocycles. The van der Waals surface area contributed by atoms with Gasteiger partial charge in [-0.3, -0.25) is 9.59 Å². The molecule has 0 radical (unpaired) electrons. The highest BCUT2D eigenvalue weighted by Crippen LogP contribution is 2.44. The molecule has 34 heavy (non-hydrogen) atoms. The lowest BCUT2D eigenvalue weighted by Crippen LogP contribution is -2.40. The van der Waals surface area contributed by atoms with Gasteiger partial charge in [-0.15, -0.1) is 0 Å². The van der Waals surface area contributed by atoms with Crippen molar-refractivity contribution in [3.63, 3.8) is 0 Å². The summed E-state index contributed by atoms with van der Waals surface area (Å²) >= 11 is 0. The van der Waals surface area contributed by atoms with Crippen molar-refractivity contribution < 1.29 is 29.0 Å². The first-order chi connectivity index (χ1) is 16.2. The molecule has 1 atom stereocenters. The van der Waals surface area contributed by atoms with Crippen molar-refractivity contribution in [2.75, 3.05) is 26.8 Å². The van der Waals surface area contributed by atoms with Crippen LogP contribution in [0.5, 0.6) is 0 Å². The Bertz CT molecular complexity index is 990. The molecule has 0 saturated carbocycles.